The van der Waals surface area contributed by atoms with Crippen LogP contribution < -0.4 is 11.1 Å². The van der Waals surface area contributed by atoms with Gasteiger partial charge in [-0.2, -0.15) is 0 Å². The van der Waals surface area contributed by atoms with Crippen molar-refractivity contribution in [3.63, 3.8) is 0 Å². The maximum Gasteiger partial charge on any atom is 0.271 e. The van der Waals surface area contributed by atoms with E-state index >= 15 is 0 Å². The topological polar surface area (TPSA) is 98.2 Å². The molecular weight excluding hydrogens is 447 g/mol. The predicted octanol–water partition coefficient (Wildman–Crippen LogP) is 4.23. The van der Waals surface area contributed by atoms with Gasteiger partial charge < -0.3 is 11.1 Å². The molecule has 0 atom stereocenters. The predicted molar refractivity (Wildman–Crippen MR) is 126 cm³/mol. The number of halogens is 2. The molecule has 0 saturated heterocycles. The van der Waals surface area contributed by atoms with Gasteiger partial charge in [-0.1, -0.05) is 29.3 Å². The van der Waals surface area contributed by atoms with Crippen LogP contribution in [0.1, 0.15) is 33.7 Å². The largest absolute Gasteiger partial charge is 0.351 e. The second-order valence-electron chi connectivity index (χ2n) is 7.37. The summed E-state index contributed by atoms with van der Waals surface area (Å²) in [5.41, 5.74) is 10.5. The van der Waals surface area contributed by atoms with Gasteiger partial charge in [-0.15, -0.1) is 0 Å². The lowest BCUT2D eigenvalue weighted by Crippen LogP contribution is -2.25. The van der Waals surface area contributed by atoms with E-state index in [1.54, 1.807) is 28.9 Å². The average molecular weight is 469 g/mol. The molecule has 164 valence electrons. The number of aryl methyl sites for hydroxylation is 2. The number of carbonyl (C=O) groups excluding carboxylic acids is 1. The standard InChI is InChI=1S/C23H22Cl2N6O/c1-14-18(11-26)21(17-7-6-16(24)10-19(17)25)31-13-20(30-23(31)29-14)22(32)28-9-3-5-15-4-2-8-27-12-15/h2,4,6-8,10,12-13H,3,5,9,11,26H2,1H3,(H,28,32). The average Bonchev–Trinajstić information content (AvgIpc) is 3.20. The minimum absolute atomic E-state index is 0.261. The molecule has 4 rings (SSSR count). The fourth-order valence-electron chi connectivity index (χ4n) is 3.61. The summed E-state index contributed by atoms with van der Waals surface area (Å²) < 4.78 is 1.76. The van der Waals surface area contributed by atoms with E-state index < -0.39 is 0 Å². The molecule has 3 N–H and O–H groups in total. The van der Waals surface area contributed by atoms with Crippen LogP contribution in [-0.2, 0) is 13.0 Å². The van der Waals surface area contributed by atoms with Crippen LogP contribution in [0.2, 0.25) is 10.0 Å². The molecule has 0 unspecified atom stereocenters. The van der Waals surface area contributed by atoms with E-state index in [0.717, 1.165) is 40.9 Å². The second-order valence-corrected chi connectivity index (χ2v) is 8.21. The monoisotopic (exact) mass is 468 g/mol. The summed E-state index contributed by atoms with van der Waals surface area (Å²) in [7, 11) is 0. The van der Waals surface area contributed by atoms with E-state index in [1.807, 2.05) is 31.3 Å². The first-order chi connectivity index (χ1) is 15.5. The summed E-state index contributed by atoms with van der Waals surface area (Å²) in [6.45, 7) is 2.65. The first-order valence-corrected chi connectivity index (χ1v) is 10.9. The number of fused-ring (bicyclic) bond motifs is 1. The lowest BCUT2D eigenvalue weighted by molar-refractivity contribution is 0.0949. The molecule has 0 fully saturated rings. The maximum absolute atomic E-state index is 12.7. The number of nitrogens with one attached hydrogen (secondary N) is 1. The zero-order chi connectivity index (χ0) is 22.7. The number of rotatable bonds is 7. The SMILES string of the molecule is Cc1nc2nc(C(=O)NCCCc3cccnc3)cn2c(-c2ccc(Cl)cc2Cl)c1CN. The summed E-state index contributed by atoms with van der Waals surface area (Å²) in [6.07, 6.45) is 6.87. The molecular formula is C23H22Cl2N6O. The molecule has 32 heavy (non-hydrogen) atoms. The van der Waals surface area contributed by atoms with Crippen molar-refractivity contribution >= 4 is 34.9 Å². The quantitative estimate of drug-likeness (QED) is 0.395. The number of imidazole rings is 1. The first-order valence-electron chi connectivity index (χ1n) is 10.2. The molecule has 0 spiro atoms. The molecule has 1 aromatic carbocycles. The zero-order valence-electron chi connectivity index (χ0n) is 17.5. The van der Waals surface area contributed by atoms with Crippen molar-refractivity contribution in [2.24, 2.45) is 5.73 Å². The van der Waals surface area contributed by atoms with E-state index in [2.05, 4.69) is 20.3 Å². The molecule has 9 heteroatoms. The van der Waals surface area contributed by atoms with Crippen molar-refractivity contribution < 1.29 is 4.79 Å². The van der Waals surface area contributed by atoms with E-state index in [-0.39, 0.29) is 18.1 Å². The number of benzene rings is 1. The van der Waals surface area contributed by atoms with Crippen LogP contribution >= 0.6 is 23.2 Å². The third-order valence-electron chi connectivity index (χ3n) is 5.19. The molecule has 0 aliphatic carbocycles. The van der Waals surface area contributed by atoms with Crippen molar-refractivity contribution in [2.75, 3.05) is 6.54 Å². The van der Waals surface area contributed by atoms with Gasteiger partial charge in [-0.25, -0.2) is 9.97 Å². The fraction of sp³-hybridized carbons (Fsp3) is 0.217. The molecule has 0 aliphatic heterocycles. The van der Waals surface area contributed by atoms with Gasteiger partial charge in [0.05, 0.1) is 10.7 Å². The van der Waals surface area contributed by atoms with Crippen LogP contribution in [-0.4, -0.2) is 31.8 Å². The van der Waals surface area contributed by atoms with E-state index in [1.165, 1.54) is 0 Å². The molecule has 3 heterocycles. The van der Waals surface area contributed by atoms with Crippen LogP contribution in [0.5, 0.6) is 0 Å². The fourth-order valence-corrected chi connectivity index (χ4v) is 4.10. The number of hydrogen-bond acceptors (Lipinski definition) is 5. The third-order valence-corrected chi connectivity index (χ3v) is 5.74. The van der Waals surface area contributed by atoms with Crippen LogP contribution in [0.25, 0.3) is 17.0 Å². The van der Waals surface area contributed by atoms with Crippen molar-refractivity contribution in [3.05, 3.63) is 81.5 Å². The van der Waals surface area contributed by atoms with Gasteiger partial charge in [0.25, 0.3) is 5.91 Å². The molecule has 0 aliphatic rings. The smallest absolute Gasteiger partial charge is 0.271 e. The maximum atomic E-state index is 12.7. The zero-order valence-corrected chi connectivity index (χ0v) is 19.0. The lowest BCUT2D eigenvalue weighted by Gasteiger charge is -2.14. The van der Waals surface area contributed by atoms with Gasteiger partial charge in [0, 0.05) is 53.5 Å². The van der Waals surface area contributed by atoms with Crippen molar-refractivity contribution in [1.82, 2.24) is 24.7 Å². The van der Waals surface area contributed by atoms with Gasteiger partial charge in [0.1, 0.15) is 5.69 Å². The summed E-state index contributed by atoms with van der Waals surface area (Å²) in [5, 5.41) is 3.94. The first kappa shape index (κ1) is 22.2. The van der Waals surface area contributed by atoms with E-state index in [4.69, 9.17) is 28.9 Å². The Morgan fingerprint density at radius 1 is 1.22 bits per heavy atom. The van der Waals surface area contributed by atoms with E-state index in [0.29, 0.717) is 22.4 Å². The second kappa shape index (κ2) is 9.65. The summed E-state index contributed by atoms with van der Waals surface area (Å²) >= 11 is 12.6. The number of nitrogens with two attached hydrogens (primary N) is 1. The molecule has 0 radical (unpaired) electrons. The Hall–Kier alpha value is -3.00. The normalized spacial score (nSPS) is 11.1. The summed E-state index contributed by atoms with van der Waals surface area (Å²) in [5.74, 6) is 0.142. The minimum Gasteiger partial charge on any atom is -0.351 e. The van der Waals surface area contributed by atoms with Gasteiger partial charge in [0.15, 0.2) is 0 Å². The summed E-state index contributed by atoms with van der Waals surface area (Å²) in [4.78, 5) is 25.8. The highest BCUT2D eigenvalue weighted by Crippen LogP contribution is 2.34. The molecule has 4 aromatic rings. The van der Waals surface area contributed by atoms with Crippen molar-refractivity contribution in [1.29, 1.82) is 0 Å². The Morgan fingerprint density at radius 2 is 2.06 bits per heavy atom. The number of hydrogen-bond donors (Lipinski definition) is 2. The van der Waals surface area contributed by atoms with Gasteiger partial charge in [-0.05, 0) is 49.6 Å². The number of carbonyl (C=O) groups is 1. The van der Waals surface area contributed by atoms with Gasteiger partial charge in [0.2, 0.25) is 5.78 Å². The highest BCUT2D eigenvalue weighted by atomic mass is 35.5. The molecule has 7 nitrogen and oxygen atoms in total. The van der Waals surface area contributed by atoms with Crippen LogP contribution in [0.15, 0.2) is 48.9 Å². The molecule has 0 saturated carbocycles. The van der Waals surface area contributed by atoms with Crippen LogP contribution in [0, 0.1) is 6.92 Å². The van der Waals surface area contributed by atoms with Crippen molar-refractivity contribution in [3.8, 4) is 11.3 Å². The van der Waals surface area contributed by atoms with Gasteiger partial charge in [-0.3, -0.25) is 14.2 Å². The van der Waals surface area contributed by atoms with Crippen LogP contribution in [0.3, 0.4) is 0 Å². The Balaban J connectivity index is 1.61. The third kappa shape index (κ3) is 4.60. The molecule has 1 amide bonds. The van der Waals surface area contributed by atoms with E-state index in [9.17, 15) is 4.79 Å². The molecule has 3 aromatic heterocycles. The molecule has 0 bridgehead atoms. The Bertz CT molecular complexity index is 1270. The summed E-state index contributed by atoms with van der Waals surface area (Å²) in [6, 6.07) is 9.18. The number of aromatic nitrogens is 4. The highest BCUT2D eigenvalue weighted by molar-refractivity contribution is 6.36. The Morgan fingerprint density at radius 3 is 2.78 bits per heavy atom. The van der Waals surface area contributed by atoms with Crippen LogP contribution in [0.4, 0.5) is 0 Å². The Kier molecular flexibility index (Phi) is 6.69. The number of amides is 1. The highest BCUT2D eigenvalue weighted by Gasteiger charge is 2.20. The lowest BCUT2D eigenvalue weighted by atomic mass is 10.0. The Labute approximate surface area is 195 Å². The van der Waals surface area contributed by atoms with Gasteiger partial charge >= 0.3 is 0 Å². The number of nitrogens with zero attached hydrogens (tertiary/aromatic N) is 4. The van der Waals surface area contributed by atoms with Crippen molar-refractivity contribution in [2.45, 2.75) is 26.3 Å². The number of pyridine rings is 1. The minimum atomic E-state index is -0.262.